The maximum atomic E-state index is 13.2. The Bertz CT molecular complexity index is 546. The zero-order valence-electron chi connectivity index (χ0n) is 9.86. The Morgan fingerprint density at radius 1 is 1.50 bits per heavy atom. The molecule has 0 spiro atoms. The van der Waals surface area contributed by atoms with Gasteiger partial charge in [0, 0.05) is 19.6 Å². The summed E-state index contributed by atoms with van der Waals surface area (Å²) in [5.74, 6) is -0.610. The van der Waals surface area contributed by atoms with Gasteiger partial charge in [0.15, 0.2) is 0 Å². The van der Waals surface area contributed by atoms with Crippen LogP contribution in [-0.2, 0) is 10.0 Å². The largest absolute Gasteiger partial charge is 0.313 e. The maximum Gasteiger partial charge on any atom is 0.244 e. The van der Waals surface area contributed by atoms with Crippen molar-refractivity contribution in [3.8, 4) is 0 Å². The number of benzene rings is 1. The molecule has 1 heterocycles. The van der Waals surface area contributed by atoms with Crippen molar-refractivity contribution in [2.45, 2.75) is 17.9 Å². The Morgan fingerprint density at radius 2 is 2.17 bits per heavy atom. The van der Waals surface area contributed by atoms with Crippen LogP contribution < -0.4 is 5.32 Å². The number of nitrogens with zero attached hydrogens (tertiary/aromatic N) is 1. The van der Waals surface area contributed by atoms with Gasteiger partial charge >= 0.3 is 0 Å². The Hall–Kier alpha value is -0.690. The fraction of sp³-hybridized carbons (Fsp3) is 0.455. The molecule has 1 aromatic rings. The fourth-order valence-electron chi connectivity index (χ4n) is 1.90. The number of rotatable bonds is 4. The number of nitrogens with one attached hydrogen (secondary N) is 1. The first-order chi connectivity index (χ1) is 8.46. The highest BCUT2D eigenvalue weighted by atomic mass is 35.5. The summed E-state index contributed by atoms with van der Waals surface area (Å²) in [4.78, 5) is -0.169. The molecule has 18 heavy (non-hydrogen) atoms. The van der Waals surface area contributed by atoms with Gasteiger partial charge in [-0.3, -0.25) is 0 Å². The monoisotopic (exact) mass is 292 g/mol. The van der Waals surface area contributed by atoms with E-state index in [-0.39, 0.29) is 16.0 Å². The highest BCUT2D eigenvalue weighted by molar-refractivity contribution is 7.89. The van der Waals surface area contributed by atoms with Crippen molar-refractivity contribution in [2.75, 3.05) is 19.6 Å². The Kier molecular flexibility index (Phi) is 3.91. The molecule has 0 aromatic heterocycles. The third-order valence-electron chi connectivity index (χ3n) is 2.96. The van der Waals surface area contributed by atoms with Crippen LogP contribution >= 0.6 is 11.6 Å². The summed E-state index contributed by atoms with van der Waals surface area (Å²) in [6.45, 7) is 3.31. The molecule has 1 N–H and O–H groups in total. The first kappa shape index (κ1) is 13.7. The Balaban J connectivity index is 2.42. The van der Waals surface area contributed by atoms with E-state index in [9.17, 15) is 12.8 Å². The van der Waals surface area contributed by atoms with Gasteiger partial charge in [0.25, 0.3) is 0 Å². The molecule has 1 aliphatic rings. The number of hydrogen-bond donors (Lipinski definition) is 1. The summed E-state index contributed by atoms with van der Waals surface area (Å²) in [6, 6.07) is 3.28. The van der Waals surface area contributed by atoms with Crippen LogP contribution in [0.15, 0.2) is 23.1 Å². The summed E-state index contributed by atoms with van der Waals surface area (Å²) >= 11 is 5.86. The lowest BCUT2D eigenvalue weighted by atomic mass is 10.2. The topological polar surface area (TPSA) is 49.4 Å². The minimum Gasteiger partial charge on any atom is -0.313 e. The second-order valence-corrected chi connectivity index (χ2v) is 6.36. The second-order valence-electron chi connectivity index (χ2n) is 4.10. The number of hydrogen-bond acceptors (Lipinski definition) is 3. The lowest BCUT2D eigenvalue weighted by Crippen LogP contribution is -2.58. The van der Waals surface area contributed by atoms with Crippen LogP contribution in [0.2, 0.25) is 5.02 Å². The van der Waals surface area contributed by atoms with Gasteiger partial charge < -0.3 is 5.32 Å². The van der Waals surface area contributed by atoms with Crippen molar-refractivity contribution in [1.29, 1.82) is 0 Å². The minimum atomic E-state index is -3.74. The van der Waals surface area contributed by atoms with Gasteiger partial charge in [0.05, 0.1) is 11.1 Å². The summed E-state index contributed by atoms with van der Waals surface area (Å²) in [7, 11) is -3.74. The standard InChI is InChI=1S/C11H14ClFN2O2S/c1-2-15(9-6-14-7-9)18(16,17)11-5-8(13)3-4-10(11)12/h3-5,9,14H,2,6-7H2,1H3. The van der Waals surface area contributed by atoms with Gasteiger partial charge in [0.1, 0.15) is 10.7 Å². The van der Waals surface area contributed by atoms with Crippen LogP contribution in [0.25, 0.3) is 0 Å². The predicted molar refractivity (Wildman–Crippen MR) is 67.6 cm³/mol. The maximum absolute atomic E-state index is 13.2. The smallest absolute Gasteiger partial charge is 0.244 e. The lowest BCUT2D eigenvalue weighted by Gasteiger charge is -2.36. The molecule has 2 rings (SSSR count). The zero-order chi connectivity index (χ0) is 13.3. The van der Waals surface area contributed by atoms with Gasteiger partial charge in [0.2, 0.25) is 10.0 Å². The van der Waals surface area contributed by atoms with Crippen LogP contribution in [-0.4, -0.2) is 38.4 Å². The molecule has 7 heteroatoms. The molecular formula is C11H14ClFN2O2S. The SMILES string of the molecule is CCN(C1CNC1)S(=O)(=O)c1cc(F)ccc1Cl. The van der Waals surface area contributed by atoms with Crippen molar-refractivity contribution >= 4 is 21.6 Å². The number of sulfonamides is 1. The average Bonchev–Trinajstić information content (AvgIpc) is 2.26. The van der Waals surface area contributed by atoms with Crippen molar-refractivity contribution in [3.63, 3.8) is 0 Å². The molecule has 1 aliphatic heterocycles. The van der Waals surface area contributed by atoms with Gasteiger partial charge in [-0.2, -0.15) is 4.31 Å². The molecular weight excluding hydrogens is 279 g/mol. The lowest BCUT2D eigenvalue weighted by molar-refractivity contribution is 0.249. The second kappa shape index (κ2) is 5.13. The van der Waals surface area contributed by atoms with E-state index in [2.05, 4.69) is 5.32 Å². The summed E-state index contributed by atoms with van der Waals surface area (Å²) in [5.41, 5.74) is 0. The summed E-state index contributed by atoms with van der Waals surface area (Å²) < 4.78 is 39.4. The third kappa shape index (κ3) is 2.38. The van der Waals surface area contributed by atoms with Crippen molar-refractivity contribution in [1.82, 2.24) is 9.62 Å². The molecule has 0 radical (unpaired) electrons. The molecule has 1 fully saturated rings. The van der Waals surface area contributed by atoms with Gasteiger partial charge in [-0.1, -0.05) is 18.5 Å². The van der Waals surface area contributed by atoms with Crippen LogP contribution in [0, 0.1) is 5.82 Å². The Morgan fingerprint density at radius 3 is 2.67 bits per heavy atom. The summed E-state index contributed by atoms with van der Waals surface area (Å²) in [6.07, 6.45) is 0. The molecule has 4 nitrogen and oxygen atoms in total. The number of halogens is 2. The van der Waals surface area contributed by atoms with Crippen molar-refractivity contribution in [3.05, 3.63) is 29.0 Å². The van der Waals surface area contributed by atoms with E-state index in [0.29, 0.717) is 19.6 Å². The predicted octanol–water partition coefficient (Wildman–Crippen LogP) is 1.46. The molecule has 0 bridgehead atoms. The highest BCUT2D eigenvalue weighted by Crippen LogP contribution is 2.27. The van der Waals surface area contributed by atoms with Crippen molar-refractivity contribution in [2.24, 2.45) is 0 Å². The molecule has 1 aromatic carbocycles. The molecule has 0 unspecified atom stereocenters. The Labute approximate surface area is 111 Å². The van der Waals surface area contributed by atoms with E-state index < -0.39 is 15.8 Å². The van der Waals surface area contributed by atoms with E-state index >= 15 is 0 Å². The van der Waals surface area contributed by atoms with Gasteiger partial charge in [-0.15, -0.1) is 0 Å². The van der Waals surface area contributed by atoms with Crippen LogP contribution in [0.4, 0.5) is 4.39 Å². The number of likely N-dealkylation sites (N-methyl/N-ethyl adjacent to an activating group) is 1. The van der Waals surface area contributed by atoms with E-state index in [4.69, 9.17) is 11.6 Å². The van der Waals surface area contributed by atoms with Gasteiger partial charge in [-0.25, -0.2) is 12.8 Å². The molecule has 1 saturated heterocycles. The average molecular weight is 293 g/mol. The van der Waals surface area contributed by atoms with Crippen LogP contribution in [0.1, 0.15) is 6.92 Å². The zero-order valence-corrected chi connectivity index (χ0v) is 11.4. The highest BCUT2D eigenvalue weighted by Gasteiger charge is 2.34. The van der Waals surface area contributed by atoms with E-state index in [0.717, 1.165) is 12.1 Å². The summed E-state index contributed by atoms with van der Waals surface area (Å²) in [5, 5.41) is 3.06. The molecule has 100 valence electrons. The minimum absolute atomic E-state index is 0.0436. The van der Waals surface area contributed by atoms with Gasteiger partial charge in [-0.05, 0) is 18.2 Å². The third-order valence-corrected chi connectivity index (χ3v) is 5.47. The first-order valence-corrected chi connectivity index (χ1v) is 7.46. The normalized spacial score (nSPS) is 16.9. The molecule has 0 saturated carbocycles. The molecule has 0 amide bonds. The van der Waals surface area contributed by atoms with Crippen LogP contribution in [0.5, 0.6) is 0 Å². The molecule has 0 aliphatic carbocycles. The van der Waals surface area contributed by atoms with E-state index in [1.807, 2.05) is 0 Å². The van der Waals surface area contributed by atoms with E-state index in [1.165, 1.54) is 10.4 Å². The molecule has 0 atom stereocenters. The quantitative estimate of drug-likeness (QED) is 0.914. The van der Waals surface area contributed by atoms with Crippen LogP contribution in [0.3, 0.4) is 0 Å². The first-order valence-electron chi connectivity index (χ1n) is 5.64. The fourth-order valence-corrected chi connectivity index (χ4v) is 4.02. The van der Waals surface area contributed by atoms with E-state index in [1.54, 1.807) is 6.92 Å². The van der Waals surface area contributed by atoms with Crippen molar-refractivity contribution < 1.29 is 12.8 Å².